The van der Waals surface area contributed by atoms with Gasteiger partial charge in [0.2, 0.25) is 5.91 Å². The van der Waals surface area contributed by atoms with Gasteiger partial charge in [-0.05, 0) is 74.5 Å². The number of rotatable bonds is 2. The van der Waals surface area contributed by atoms with E-state index in [1.54, 1.807) is 18.2 Å². The lowest BCUT2D eigenvalue weighted by Gasteiger charge is -2.38. The Labute approximate surface area is 135 Å². The Bertz CT molecular complexity index is 602. The van der Waals surface area contributed by atoms with E-state index >= 15 is 0 Å². The molecule has 0 unspecified atom stereocenters. The quantitative estimate of drug-likeness (QED) is 0.801. The third-order valence-corrected chi connectivity index (χ3v) is 6.64. The van der Waals surface area contributed by atoms with Crippen molar-refractivity contribution in [3.05, 3.63) is 28.2 Å². The normalized spacial score (nSPS) is 36.8. The van der Waals surface area contributed by atoms with Crippen molar-refractivity contribution in [1.82, 2.24) is 0 Å². The van der Waals surface area contributed by atoms with E-state index in [1.165, 1.54) is 25.7 Å². The van der Waals surface area contributed by atoms with Crippen LogP contribution in [-0.4, -0.2) is 5.91 Å². The molecule has 0 heterocycles. The molecule has 3 aliphatic carbocycles. The molecule has 4 atom stereocenters. The number of nitrogens with one attached hydrogen (secondary N) is 1. The molecule has 4 heteroatoms. The van der Waals surface area contributed by atoms with Crippen molar-refractivity contribution in [3.8, 4) is 0 Å². The lowest BCUT2D eigenvalue weighted by molar-refractivity contribution is -0.129. The summed E-state index contributed by atoms with van der Waals surface area (Å²) in [6.45, 7) is 0. The largest absolute Gasteiger partial charge is 0.324 e. The van der Waals surface area contributed by atoms with Gasteiger partial charge in [0, 0.05) is 5.02 Å². The zero-order valence-corrected chi connectivity index (χ0v) is 13.4. The molecule has 1 N–H and O–H groups in total. The average molecular weight is 324 g/mol. The van der Waals surface area contributed by atoms with E-state index in [0.717, 1.165) is 24.7 Å². The first-order chi connectivity index (χ1) is 10.1. The van der Waals surface area contributed by atoms with E-state index in [2.05, 4.69) is 5.32 Å². The molecular weight excluding hydrogens is 305 g/mol. The summed E-state index contributed by atoms with van der Waals surface area (Å²) in [5.41, 5.74) is 0.546. The van der Waals surface area contributed by atoms with Crippen LogP contribution < -0.4 is 5.32 Å². The van der Waals surface area contributed by atoms with Crippen LogP contribution in [0, 0.1) is 23.2 Å². The monoisotopic (exact) mass is 323 g/mol. The van der Waals surface area contributed by atoms with E-state index in [4.69, 9.17) is 23.2 Å². The molecule has 2 bridgehead atoms. The van der Waals surface area contributed by atoms with Crippen LogP contribution in [-0.2, 0) is 4.79 Å². The second kappa shape index (κ2) is 4.89. The van der Waals surface area contributed by atoms with Crippen LogP contribution in [0.5, 0.6) is 0 Å². The highest BCUT2D eigenvalue weighted by molar-refractivity contribution is 6.36. The minimum absolute atomic E-state index is 0.138. The molecule has 112 valence electrons. The van der Waals surface area contributed by atoms with Gasteiger partial charge in [-0.2, -0.15) is 0 Å². The smallest absolute Gasteiger partial charge is 0.230 e. The van der Waals surface area contributed by atoms with Gasteiger partial charge < -0.3 is 5.32 Å². The Morgan fingerprint density at radius 2 is 2.00 bits per heavy atom. The predicted octanol–water partition coefficient (Wildman–Crippen LogP) is 5.15. The first-order valence-electron chi connectivity index (χ1n) is 7.85. The number of fused-ring (bicyclic) bond motifs is 1. The summed E-state index contributed by atoms with van der Waals surface area (Å²) in [4.78, 5) is 13.0. The minimum Gasteiger partial charge on any atom is -0.324 e. The maximum atomic E-state index is 13.0. The summed E-state index contributed by atoms with van der Waals surface area (Å²) < 4.78 is 0. The number of halogens is 2. The molecule has 0 aliphatic heterocycles. The second-order valence-corrected chi connectivity index (χ2v) is 7.86. The number of amides is 1. The summed E-state index contributed by atoms with van der Waals surface area (Å²) in [5, 5.41) is 4.19. The SMILES string of the molecule is O=C(Nc1ccc(Cl)cc1Cl)[C@]12CC[C@H]3C[C@@H](CC1)[C@H]2C3. The van der Waals surface area contributed by atoms with Gasteiger partial charge in [-0.15, -0.1) is 0 Å². The van der Waals surface area contributed by atoms with Crippen molar-refractivity contribution in [3.63, 3.8) is 0 Å². The van der Waals surface area contributed by atoms with Crippen molar-refractivity contribution in [2.45, 2.75) is 38.5 Å². The molecule has 3 aliphatic rings. The number of benzene rings is 1. The van der Waals surface area contributed by atoms with E-state index in [9.17, 15) is 4.79 Å². The van der Waals surface area contributed by atoms with Crippen LogP contribution in [0.4, 0.5) is 5.69 Å². The molecular formula is C17H19Cl2NO. The fourth-order valence-corrected chi connectivity index (χ4v) is 5.56. The summed E-state index contributed by atoms with van der Waals surface area (Å²) in [5.74, 6) is 2.44. The van der Waals surface area contributed by atoms with E-state index in [0.29, 0.717) is 21.7 Å². The van der Waals surface area contributed by atoms with E-state index < -0.39 is 0 Å². The molecule has 0 saturated heterocycles. The maximum absolute atomic E-state index is 13.0. The molecule has 0 spiro atoms. The number of carbonyl (C=O) groups is 1. The Balaban J connectivity index is 1.60. The number of carbonyl (C=O) groups excluding carboxylic acids is 1. The molecule has 3 saturated carbocycles. The molecule has 21 heavy (non-hydrogen) atoms. The zero-order chi connectivity index (χ0) is 14.6. The van der Waals surface area contributed by atoms with Gasteiger partial charge in [-0.3, -0.25) is 4.79 Å². The number of hydrogen-bond acceptors (Lipinski definition) is 1. The standard InChI is InChI=1S/C17H19Cl2NO/c18-12-1-2-15(14(19)9-12)20-16(21)17-5-3-10-7-11(4-6-17)13(17)8-10/h1-2,9-11,13H,3-8H2,(H,20,21)/t10-,11+,13+,17+/m0/s1. The summed E-state index contributed by atoms with van der Waals surface area (Å²) in [7, 11) is 0. The van der Waals surface area contributed by atoms with Crippen molar-refractivity contribution in [1.29, 1.82) is 0 Å². The maximum Gasteiger partial charge on any atom is 0.230 e. The van der Waals surface area contributed by atoms with Gasteiger partial charge in [0.15, 0.2) is 0 Å². The van der Waals surface area contributed by atoms with Gasteiger partial charge in [-0.1, -0.05) is 23.2 Å². The highest BCUT2D eigenvalue weighted by Gasteiger charge is 2.59. The van der Waals surface area contributed by atoms with Crippen molar-refractivity contribution in [2.75, 3.05) is 5.32 Å². The molecule has 1 amide bonds. The second-order valence-electron chi connectivity index (χ2n) is 7.02. The van der Waals surface area contributed by atoms with Gasteiger partial charge in [0.05, 0.1) is 16.1 Å². The molecule has 1 aromatic carbocycles. The molecule has 4 rings (SSSR count). The number of anilines is 1. The van der Waals surface area contributed by atoms with E-state index in [1.807, 2.05) is 0 Å². The van der Waals surface area contributed by atoms with Crippen LogP contribution >= 0.6 is 23.2 Å². The van der Waals surface area contributed by atoms with Gasteiger partial charge in [0.1, 0.15) is 0 Å². The Kier molecular flexibility index (Phi) is 3.24. The zero-order valence-electron chi connectivity index (χ0n) is 11.9. The summed E-state index contributed by atoms with van der Waals surface area (Å²) in [6, 6.07) is 5.25. The molecule has 2 nitrogen and oxygen atoms in total. The predicted molar refractivity (Wildman–Crippen MR) is 85.7 cm³/mol. The van der Waals surface area contributed by atoms with Gasteiger partial charge >= 0.3 is 0 Å². The van der Waals surface area contributed by atoms with Crippen molar-refractivity contribution < 1.29 is 4.79 Å². The lowest BCUT2D eigenvalue weighted by atomic mass is 9.67. The topological polar surface area (TPSA) is 29.1 Å². The molecule has 0 radical (unpaired) electrons. The molecule has 3 fully saturated rings. The highest BCUT2D eigenvalue weighted by Crippen LogP contribution is 2.63. The van der Waals surface area contributed by atoms with Crippen LogP contribution in [0.15, 0.2) is 18.2 Å². The molecule has 0 aromatic heterocycles. The third kappa shape index (κ3) is 2.10. The Hall–Kier alpha value is -0.730. The third-order valence-electron chi connectivity index (χ3n) is 6.09. The fourth-order valence-electron chi connectivity index (χ4n) is 5.11. The van der Waals surface area contributed by atoms with Crippen molar-refractivity contribution in [2.24, 2.45) is 23.2 Å². The van der Waals surface area contributed by atoms with E-state index in [-0.39, 0.29) is 11.3 Å². The fraction of sp³-hybridized carbons (Fsp3) is 0.588. The lowest BCUT2D eigenvalue weighted by Crippen LogP contribution is -2.41. The Morgan fingerprint density at radius 3 is 2.81 bits per heavy atom. The first kappa shape index (κ1) is 13.9. The number of hydrogen-bond donors (Lipinski definition) is 1. The first-order valence-corrected chi connectivity index (χ1v) is 8.60. The summed E-state index contributed by atoms with van der Waals surface area (Å²) >= 11 is 12.1. The molecule has 1 aromatic rings. The van der Waals surface area contributed by atoms with Crippen molar-refractivity contribution >= 4 is 34.8 Å². The van der Waals surface area contributed by atoms with Crippen LogP contribution in [0.25, 0.3) is 0 Å². The van der Waals surface area contributed by atoms with Crippen LogP contribution in [0.3, 0.4) is 0 Å². The van der Waals surface area contributed by atoms with Gasteiger partial charge in [-0.25, -0.2) is 0 Å². The Morgan fingerprint density at radius 1 is 1.19 bits per heavy atom. The van der Waals surface area contributed by atoms with Gasteiger partial charge in [0.25, 0.3) is 0 Å². The highest BCUT2D eigenvalue weighted by atomic mass is 35.5. The summed E-state index contributed by atoms with van der Waals surface area (Å²) in [6.07, 6.45) is 7.15. The van der Waals surface area contributed by atoms with Crippen LogP contribution in [0.2, 0.25) is 10.0 Å². The minimum atomic E-state index is -0.138. The average Bonchev–Trinajstić information content (AvgIpc) is 2.96. The van der Waals surface area contributed by atoms with Crippen LogP contribution in [0.1, 0.15) is 38.5 Å².